The van der Waals surface area contributed by atoms with Gasteiger partial charge in [0.25, 0.3) is 0 Å². The molecule has 1 aliphatic heterocycles. The highest BCUT2D eigenvalue weighted by Gasteiger charge is 2.27. The van der Waals surface area contributed by atoms with Gasteiger partial charge in [-0.2, -0.15) is 9.97 Å². The minimum atomic E-state index is 0.0876. The average Bonchev–Trinajstić information content (AvgIpc) is 3.37. The Morgan fingerprint density at radius 2 is 1.93 bits per heavy atom. The van der Waals surface area contributed by atoms with Gasteiger partial charge in [-0.05, 0) is 19.1 Å². The van der Waals surface area contributed by atoms with E-state index in [0.717, 1.165) is 44.0 Å². The summed E-state index contributed by atoms with van der Waals surface area (Å²) in [7, 11) is 0. The third-order valence-corrected chi connectivity index (χ3v) is 5.02. The van der Waals surface area contributed by atoms with Crippen LogP contribution in [-0.4, -0.2) is 51.4 Å². The Morgan fingerprint density at radius 3 is 2.63 bits per heavy atom. The van der Waals surface area contributed by atoms with Crippen LogP contribution in [0.4, 0.5) is 6.01 Å². The van der Waals surface area contributed by atoms with Crippen molar-refractivity contribution < 1.29 is 9.05 Å². The van der Waals surface area contributed by atoms with Gasteiger partial charge in [-0.3, -0.25) is 4.90 Å². The molecular formula is C18H21ClN6O2. The first kappa shape index (κ1) is 17.9. The number of rotatable bonds is 5. The summed E-state index contributed by atoms with van der Waals surface area (Å²) < 4.78 is 10.8. The molecule has 4 rings (SSSR count). The van der Waals surface area contributed by atoms with Crippen molar-refractivity contribution in [3.63, 3.8) is 0 Å². The molecule has 1 aliphatic rings. The number of nitrogens with zero attached hydrogens (tertiary/aromatic N) is 6. The van der Waals surface area contributed by atoms with Gasteiger partial charge in [0.05, 0.1) is 6.04 Å². The lowest BCUT2D eigenvalue weighted by Gasteiger charge is -2.35. The molecule has 2 aromatic heterocycles. The number of anilines is 1. The lowest BCUT2D eigenvalue weighted by atomic mass is 10.2. The van der Waals surface area contributed by atoms with E-state index in [-0.39, 0.29) is 6.04 Å². The topological polar surface area (TPSA) is 84.3 Å². The molecule has 3 aromatic rings. The van der Waals surface area contributed by atoms with Crippen LogP contribution in [0.3, 0.4) is 0 Å². The highest BCUT2D eigenvalue weighted by atomic mass is 35.5. The van der Waals surface area contributed by atoms with Crippen LogP contribution in [0.2, 0.25) is 5.02 Å². The van der Waals surface area contributed by atoms with Gasteiger partial charge >= 0.3 is 6.01 Å². The highest BCUT2D eigenvalue weighted by molar-refractivity contribution is 6.30. The van der Waals surface area contributed by atoms with Gasteiger partial charge in [-0.15, -0.1) is 0 Å². The number of piperazine rings is 1. The fourth-order valence-electron chi connectivity index (χ4n) is 3.13. The van der Waals surface area contributed by atoms with Crippen LogP contribution < -0.4 is 4.90 Å². The SMILES string of the molecule is CCc1noc(C(C)N2CCN(c3nc(-c4cccc(Cl)c4)no3)CC2)n1. The maximum atomic E-state index is 6.04. The summed E-state index contributed by atoms with van der Waals surface area (Å²) in [4.78, 5) is 13.4. The van der Waals surface area contributed by atoms with E-state index in [9.17, 15) is 0 Å². The van der Waals surface area contributed by atoms with Crippen molar-refractivity contribution in [1.82, 2.24) is 25.2 Å². The van der Waals surface area contributed by atoms with E-state index in [2.05, 4.69) is 37.0 Å². The van der Waals surface area contributed by atoms with Crippen LogP contribution >= 0.6 is 11.6 Å². The van der Waals surface area contributed by atoms with Crippen molar-refractivity contribution in [2.45, 2.75) is 26.3 Å². The van der Waals surface area contributed by atoms with Crippen molar-refractivity contribution in [1.29, 1.82) is 0 Å². The summed E-state index contributed by atoms with van der Waals surface area (Å²) in [6, 6.07) is 8.04. The van der Waals surface area contributed by atoms with Crippen LogP contribution in [0.25, 0.3) is 11.4 Å². The van der Waals surface area contributed by atoms with Gasteiger partial charge in [0.2, 0.25) is 11.7 Å². The Labute approximate surface area is 162 Å². The molecule has 9 heteroatoms. The molecule has 8 nitrogen and oxygen atoms in total. The molecule has 0 amide bonds. The Balaban J connectivity index is 1.39. The van der Waals surface area contributed by atoms with Crippen LogP contribution in [0.1, 0.15) is 31.6 Å². The monoisotopic (exact) mass is 388 g/mol. The molecular weight excluding hydrogens is 368 g/mol. The Bertz CT molecular complexity index is 903. The van der Waals surface area contributed by atoms with E-state index >= 15 is 0 Å². The zero-order chi connectivity index (χ0) is 18.8. The molecule has 3 heterocycles. The van der Waals surface area contributed by atoms with Crippen molar-refractivity contribution in [2.75, 3.05) is 31.1 Å². The molecule has 0 aliphatic carbocycles. The molecule has 0 N–H and O–H groups in total. The van der Waals surface area contributed by atoms with E-state index in [1.54, 1.807) is 0 Å². The van der Waals surface area contributed by atoms with Crippen LogP contribution in [0, 0.1) is 0 Å². The lowest BCUT2D eigenvalue weighted by Crippen LogP contribution is -2.47. The minimum absolute atomic E-state index is 0.0876. The summed E-state index contributed by atoms with van der Waals surface area (Å²) in [6.45, 7) is 7.37. The van der Waals surface area contributed by atoms with Crippen LogP contribution in [-0.2, 0) is 6.42 Å². The maximum Gasteiger partial charge on any atom is 0.324 e. The lowest BCUT2D eigenvalue weighted by molar-refractivity contribution is 0.161. The number of aryl methyl sites for hydroxylation is 1. The standard InChI is InChI=1S/C18H21ClN6O2/c1-3-15-20-17(26-22-15)12(2)24-7-9-25(10-8-24)18-21-16(23-27-18)13-5-4-6-14(19)11-13/h4-6,11-12H,3,7-10H2,1-2H3. The molecule has 1 atom stereocenters. The first-order chi connectivity index (χ1) is 13.1. The smallest absolute Gasteiger partial charge is 0.324 e. The van der Waals surface area contributed by atoms with Crippen LogP contribution in [0.5, 0.6) is 0 Å². The maximum absolute atomic E-state index is 6.04. The zero-order valence-corrected chi connectivity index (χ0v) is 16.1. The van der Waals surface area contributed by atoms with E-state index in [4.69, 9.17) is 20.6 Å². The second kappa shape index (κ2) is 7.66. The minimum Gasteiger partial charge on any atom is -0.338 e. The quantitative estimate of drug-likeness (QED) is 0.658. The summed E-state index contributed by atoms with van der Waals surface area (Å²) >= 11 is 6.04. The molecule has 1 saturated heterocycles. The first-order valence-electron chi connectivity index (χ1n) is 9.05. The second-order valence-electron chi connectivity index (χ2n) is 6.51. The van der Waals surface area contributed by atoms with E-state index in [1.165, 1.54) is 0 Å². The molecule has 1 unspecified atom stereocenters. The van der Waals surface area contributed by atoms with Gasteiger partial charge in [0, 0.05) is 43.2 Å². The van der Waals surface area contributed by atoms with E-state index in [1.807, 2.05) is 31.2 Å². The highest BCUT2D eigenvalue weighted by Crippen LogP contribution is 2.25. The fourth-order valence-corrected chi connectivity index (χ4v) is 3.32. The molecule has 1 aromatic carbocycles. The third kappa shape index (κ3) is 3.81. The zero-order valence-electron chi connectivity index (χ0n) is 15.3. The molecule has 0 saturated carbocycles. The van der Waals surface area contributed by atoms with E-state index in [0.29, 0.717) is 22.8 Å². The molecule has 0 bridgehead atoms. The van der Waals surface area contributed by atoms with Gasteiger partial charge in [0.1, 0.15) is 0 Å². The molecule has 0 radical (unpaired) electrons. The molecule has 142 valence electrons. The second-order valence-corrected chi connectivity index (χ2v) is 6.95. The van der Waals surface area contributed by atoms with Crippen molar-refractivity contribution in [3.05, 3.63) is 41.0 Å². The van der Waals surface area contributed by atoms with Gasteiger partial charge < -0.3 is 13.9 Å². The normalized spacial score (nSPS) is 16.6. The fraction of sp³-hybridized carbons (Fsp3) is 0.444. The first-order valence-corrected chi connectivity index (χ1v) is 9.43. The van der Waals surface area contributed by atoms with Crippen LogP contribution in [0.15, 0.2) is 33.3 Å². The number of halogens is 1. The number of benzene rings is 1. The third-order valence-electron chi connectivity index (χ3n) is 4.79. The molecule has 1 fully saturated rings. The van der Waals surface area contributed by atoms with Crippen molar-refractivity contribution in [3.8, 4) is 11.4 Å². The Hall–Kier alpha value is -2.45. The van der Waals surface area contributed by atoms with Gasteiger partial charge in [-0.1, -0.05) is 41.0 Å². The Kier molecular flexibility index (Phi) is 5.09. The largest absolute Gasteiger partial charge is 0.338 e. The molecule has 0 spiro atoms. The number of aromatic nitrogens is 4. The van der Waals surface area contributed by atoms with E-state index < -0.39 is 0 Å². The summed E-state index contributed by atoms with van der Waals surface area (Å²) in [5, 5.41) is 8.72. The average molecular weight is 389 g/mol. The van der Waals surface area contributed by atoms with Gasteiger partial charge in [0.15, 0.2) is 5.82 Å². The number of hydrogen-bond acceptors (Lipinski definition) is 8. The van der Waals surface area contributed by atoms with Crippen molar-refractivity contribution in [2.24, 2.45) is 0 Å². The van der Waals surface area contributed by atoms with Crippen molar-refractivity contribution >= 4 is 17.6 Å². The molecule has 27 heavy (non-hydrogen) atoms. The summed E-state index contributed by atoms with van der Waals surface area (Å²) in [5.41, 5.74) is 0.841. The number of hydrogen-bond donors (Lipinski definition) is 0. The predicted octanol–water partition coefficient (Wildman–Crippen LogP) is 3.22. The Morgan fingerprint density at radius 1 is 1.11 bits per heavy atom. The summed E-state index contributed by atoms with van der Waals surface area (Å²) in [5.74, 6) is 1.96. The summed E-state index contributed by atoms with van der Waals surface area (Å²) in [6.07, 6.45) is 0.774. The van der Waals surface area contributed by atoms with Gasteiger partial charge in [-0.25, -0.2) is 0 Å². The predicted molar refractivity (Wildman–Crippen MR) is 101 cm³/mol.